The van der Waals surface area contributed by atoms with Crippen molar-refractivity contribution in [2.45, 2.75) is 32.2 Å². The highest BCUT2D eigenvalue weighted by Gasteiger charge is 2.22. The lowest BCUT2D eigenvalue weighted by Crippen LogP contribution is -2.34. The topological polar surface area (TPSA) is 43.2 Å². The van der Waals surface area contributed by atoms with Crippen LogP contribution in [0, 0.1) is 0 Å². The van der Waals surface area contributed by atoms with E-state index in [1.54, 1.807) is 0 Å². The number of nitrogens with zero attached hydrogens (tertiary/aromatic N) is 1. The van der Waals surface area contributed by atoms with Gasteiger partial charge < -0.3 is 5.32 Å². The second kappa shape index (κ2) is 5.27. The number of carbonyl (C=O) groups is 1. The van der Waals surface area contributed by atoms with Crippen LogP contribution in [-0.4, -0.2) is 31.5 Å². The molecule has 0 spiro atoms. The van der Waals surface area contributed by atoms with Crippen molar-refractivity contribution in [3.05, 3.63) is 0 Å². The zero-order valence-electron chi connectivity index (χ0n) is 7.68. The fourth-order valence-electron chi connectivity index (χ4n) is 1.39. The minimum absolute atomic E-state index is 0.00866. The Balaban J connectivity index is 2.10. The maximum Gasteiger partial charge on any atom is 0.165 e. The SMILES string of the molecule is CCCNCC(=O)C1CCC[N]1. The summed E-state index contributed by atoms with van der Waals surface area (Å²) in [6, 6.07) is 0.00866. The molecule has 1 N–H and O–H groups in total. The first-order valence-corrected chi connectivity index (χ1v) is 4.74. The van der Waals surface area contributed by atoms with Gasteiger partial charge in [0, 0.05) is 6.54 Å². The Kier molecular flexibility index (Phi) is 4.25. The third-order valence-corrected chi connectivity index (χ3v) is 2.08. The molecule has 0 aromatic carbocycles. The van der Waals surface area contributed by atoms with E-state index in [1.165, 1.54) is 0 Å². The van der Waals surface area contributed by atoms with Gasteiger partial charge in [-0.2, -0.15) is 0 Å². The summed E-state index contributed by atoms with van der Waals surface area (Å²) in [5.41, 5.74) is 0. The van der Waals surface area contributed by atoms with Gasteiger partial charge in [0.15, 0.2) is 5.78 Å². The van der Waals surface area contributed by atoms with Gasteiger partial charge in [0.25, 0.3) is 0 Å². The highest BCUT2D eigenvalue weighted by molar-refractivity contribution is 5.86. The lowest BCUT2D eigenvalue weighted by Gasteiger charge is -2.07. The Morgan fingerprint density at radius 2 is 2.50 bits per heavy atom. The van der Waals surface area contributed by atoms with E-state index in [1.807, 2.05) is 0 Å². The second-order valence-electron chi connectivity index (χ2n) is 3.21. The lowest BCUT2D eigenvalue weighted by atomic mass is 10.1. The van der Waals surface area contributed by atoms with Gasteiger partial charge in [-0.15, -0.1) is 0 Å². The predicted octanol–water partition coefficient (Wildman–Crippen LogP) is 0.322. The molecule has 1 aliphatic heterocycles. The number of nitrogens with one attached hydrogen (secondary N) is 1. The quantitative estimate of drug-likeness (QED) is 0.602. The molecule has 0 aromatic heterocycles. The molecule has 1 atom stereocenters. The minimum atomic E-state index is 0.00866. The van der Waals surface area contributed by atoms with Gasteiger partial charge in [0.2, 0.25) is 0 Å². The van der Waals surface area contributed by atoms with Crippen LogP contribution in [0.15, 0.2) is 0 Å². The van der Waals surface area contributed by atoms with E-state index in [9.17, 15) is 4.79 Å². The van der Waals surface area contributed by atoms with Crippen molar-refractivity contribution in [2.24, 2.45) is 0 Å². The van der Waals surface area contributed by atoms with E-state index in [0.29, 0.717) is 6.54 Å². The van der Waals surface area contributed by atoms with Crippen LogP contribution in [0.4, 0.5) is 0 Å². The molecule has 0 saturated carbocycles. The number of Topliss-reactive ketones (excluding diaryl/α,β-unsaturated/α-hetero) is 1. The van der Waals surface area contributed by atoms with Crippen LogP contribution in [0.3, 0.4) is 0 Å². The molecule has 1 unspecified atom stereocenters. The lowest BCUT2D eigenvalue weighted by molar-refractivity contribution is -0.119. The molecule has 1 radical (unpaired) electrons. The summed E-state index contributed by atoms with van der Waals surface area (Å²) in [7, 11) is 0. The van der Waals surface area contributed by atoms with Gasteiger partial charge in [0.1, 0.15) is 0 Å². The van der Waals surface area contributed by atoms with Crippen LogP contribution in [0.5, 0.6) is 0 Å². The number of rotatable bonds is 5. The Morgan fingerprint density at radius 3 is 3.08 bits per heavy atom. The van der Waals surface area contributed by atoms with Gasteiger partial charge in [0.05, 0.1) is 12.6 Å². The molecule has 69 valence electrons. The van der Waals surface area contributed by atoms with Crippen LogP contribution in [0.25, 0.3) is 0 Å². The molecule has 0 bridgehead atoms. The molecule has 0 aliphatic carbocycles. The number of ketones is 1. The van der Waals surface area contributed by atoms with Crippen molar-refractivity contribution in [1.82, 2.24) is 10.6 Å². The Labute approximate surface area is 73.9 Å². The summed E-state index contributed by atoms with van der Waals surface area (Å²) >= 11 is 0. The molecular weight excluding hydrogens is 152 g/mol. The summed E-state index contributed by atoms with van der Waals surface area (Å²) in [5.74, 6) is 0.265. The molecule has 1 saturated heterocycles. The van der Waals surface area contributed by atoms with E-state index in [0.717, 1.165) is 32.4 Å². The summed E-state index contributed by atoms with van der Waals surface area (Å²) in [5, 5.41) is 7.33. The molecule has 12 heavy (non-hydrogen) atoms. The van der Waals surface area contributed by atoms with E-state index in [2.05, 4.69) is 17.6 Å². The van der Waals surface area contributed by atoms with E-state index in [4.69, 9.17) is 0 Å². The van der Waals surface area contributed by atoms with Crippen LogP contribution in [-0.2, 0) is 4.79 Å². The summed E-state index contributed by atoms with van der Waals surface area (Å²) in [6.07, 6.45) is 3.13. The zero-order valence-corrected chi connectivity index (χ0v) is 7.68. The molecule has 0 aromatic rings. The average molecular weight is 169 g/mol. The first-order chi connectivity index (χ1) is 5.84. The maximum atomic E-state index is 11.4. The molecule has 1 rings (SSSR count). The molecule has 1 heterocycles. The second-order valence-corrected chi connectivity index (χ2v) is 3.21. The largest absolute Gasteiger partial charge is 0.310 e. The van der Waals surface area contributed by atoms with Crippen molar-refractivity contribution >= 4 is 5.78 Å². The normalized spacial score (nSPS) is 22.9. The van der Waals surface area contributed by atoms with Gasteiger partial charge in [-0.25, -0.2) is 5.32 Å². The van der Waals surface area contributed by atoms with Gasteiger partial charge in [-0.3, -0.25) is 4.79 Å². The van der Waals surface area contributed by atoms with Gasteiger partial charge >= 0.3 is 0 Å². The van der Waals surface area contributed by atoms with Crippen LogP contribution >= 0.6 is 0 Å². The van der Waals surface area contributed by atoms with Gasteiger partial charge in [-0.1, -0.05) is 6.92 Å². The van der Waals surface area contributed by atoms with Crippen LogP contribution in [0.1, 0.15) is 26.2 Å². The third kappa shape index (κ3) is 2.91. The number of carbonyl (C=O) groups excluding carboxylic acids is 1. The maximum absolute atomic E-state index is 11.4. The smallest absolute Gasteiger partial charge is 0.165 e. The van der Waals surface area contributed by atoms with Crippen molar-refractivity contribution in [2.75, 3.05) is 19.6 Å². The summed E-state index contributed by atoms with van der Waals surface area (Å²) in [4.78, 5) is 11.4. The predicted molar refractivity (Wildman–Crippen MR) is 48.2 cm³/mol. The van der Waals surface area contributed by atoms with Crippen molar-refractivity contribution in [3.63, 3.8) is 0 Å². The van der Waals surface area contributed by atoms with E-state index >= 15 is 0 Å². The van der Waals surface area contributed by atoms with Crippen LogP contribution < -0.4 is 10.6 Å². The van der Waals surface area contributed by atoms with E-state index in [-0.39, 0.29) is 11.8 Å². The summed E-state index contributed by atoms with van der Waals surface area (Å²) in [6.45, 7) is 4.40. The fourth-order valence-corrected chi connectivity index (χ4v) is 1.39. The molecule has 1 fully saturated rings. The molecule has 0 amide bonds. The third-order valence-electron chi connectivity index (χ3n) is 2.08. The zero-order chi connectivity index (χ0) is 8.81. The average Bonchev–Trinajstić information content (AvgIpc) is 2.56. The highest BCUT2D eigenvalue weighted by Crippen LogP contribution is 2.07. The first kappa shape index (κ1) is 9.68. The fraction of sp³-hybridized carbons (Fsp3) is 0.889. The summed E-state index contributed by atoms with van der Waals surface area (Å²) < 4.78 is 0. The molecule has 1 aliphatic rings. The number of hydrogen-bond acceptors (Lipinski definition) is 2. The first-order valence-electron chi connectivity index (χ1n) is 4.74. The molecular formula is C9H17N2O. The van der Waals surface area contributed by atoms with Crippen molar-refractivity contribution < 1.29 is 4.79 Å². The minimum Gasteiger partial charge on any atom is -0.310 e. The number of hydrogen-bond donors (Lipinski definition) is 1. The van der Waals surface area contributed by atoms with Crippen LogP contribution in [0.2, 0.25) is 0 Å². The Hall–Kier alpha value is -0.410. The van der Waals surface area contributed by atoms with Crippen molar-refractivity contribution in [3.8, 4) is 0 Å². The molecule has 3 nitrogen and oxygen atoms in total. The highest BCUT2D eigenvalue weighted by atomic mass is 16.1. The molecule has 3 heteroatoms. The Bertz CT molecular complexity index is 141. The van der Waals surface area contributed by atoms with Gasteiger partial charge in [-0.05, 0) is 25.8 Å². The Morgan fingerprint density at radius 1 is 1.67 bits per heavy atom. The van der Waals surface area contributed by atoms with E-state index < -0.39 is 0 Å². The van der Waals surface area contributed by atoms with Crippen molar-refractivity contribution in [1.29, 1.82) is 0 Å². The standard InChI is InChI=1S/C9H17N2O/c1-2-5-10-7-9(12)8-4-3-6-11-8/h8,10H,2-7H2,1H3. The monoisotopic (exact) mass is 169 g/mol.